The molecule has 0 radical (unpaired) electrons. The zero-order valence-electron chi connectivity index (χ0n) is 9.22. The molecule has 1 heterocycles. The lowest BCUT2D eigenvalue weighted by molar-refractivity contribution is 0.216. The average molecular weight is 217 g/mol. The summed E-state index contributed by atoms with van der Waals surface area (Å²) in [4.78, 5) is 2.50. The first-order valence-electron chi connectivity index (χ1n) is 5.74. The van der Waals surface area contributed by atoms with Crippen molar-refractivity contribution in [1.29, 1.82) is 0 Å². The Morgan fingerprint density at radius 2 is 2.21 bits per heavy atom. The number of likely N-dealkylation sites (tertiary alicyclic amines) is 1. The Bertz CT molecular complexity index is 203. The van der Waals surface area contributed by atoms with Crippen molar-refractivity contribution >= 4 is 11.6 Å². The second-order valence-electron chi connectivity index (χ2n) is 5.02. The van der Waals surface area contributed by atoms with Gasteiger partial charge < -0.3 is 10.2 Å². The zero-order chi connectivity index (χ0) is 10.2. The molecule has 1 N–H and O–H groups in total. The minimum Gasteiger partial charge on any atom is -0.308 e. The van der Waals surface area contributed by atoms with Crippen LogP contribution in [-0.4, -0.2) is 42.0 Å². The molecule has 2 atom stereocenters. The SMILES string of the molecule is CC(NC1CCCN(C)C1)C1(Cl)CC1. The van der Waals surface area contributed by atoms with Gasteiger partial charge in [-0.25, -0.2) is 0 Å². The maximum atomic E-state index is 6.37. The van der Waals surface area contributed by atoms with Crippen LogP contribution in [0.15, 0.2) is 0 Å². The van der Waals surface area contributed by atoms with Crippen LogP contribution < -0.4 is 5.32 Å². The predicted molar refractivity (Wildman–Crippen MR) is 60.9 cm³/mol. The third-order valence-electron chi connectivity index (χ3n) is 3.61. The molecule has 0 bridgehead atoms. The van der Waals surface area contributed by atoms with Gasteiger partial charge in [0, 0.05) is 18.6 Å². The van der Waals surface area contributed by atoms with Gasteiger partial charge in [-0.1, -0.05) is 0 Å². The molecule has 2 unspecified atom stereocenters. The monoisotopic (exact) mass is 216 g/mol. The fraction of sp³-hybridized carbons (Fsp3) is 1.00. The largest absolute Gasteiger partial charge is 0.308 e. The molecule has 0 aromatic carbocycles. The molecule has 1 saturated heterocycles. The molecule has 3 heteroatoms. The molecule has 1 saturated carbocycles. The number of nitrogens with zero attached hydrogens (tertiary/aromatic N) is 1. The Morgan fingerprint density at radius 1 is 1.50 bits per heavy atom. The zero-order valence-corrected chi connectivity index (χ0v) is 9.98. The van der Waals surface area contributed by atoms with Crippen molar-refractivity contribution in [1.82, 2.24) is 10.2 Å². The molecule has 0 aromatic rings. The Hall–Kier alpha value is 0.210. The highest BCUT2D eigenvalue weighted by molar-refractivity contribution is 6.26. The van der Waals surface area contributed by atoms with Crippen LogP contribution in [0.25, 0.3) is 0 Å². The summed E-state index contributed by atoms with van der Waals surface area (Å²) in [6, 6.07) is 1.13. The van der Waals surface area contributed by atoms with Gasteiger partial charge in [-0.15, -0.1) is 11.6 Å². The van der Waals surface area contributed by atoms with Gasteiger partial charge in [0.25, 0.3) is 0 Å². The van der Waals surface area contributed by atoms with Crippen molar-refractivity contribution in [3.63, 3.8) is 0 Å². The van der Waals surface area contributed by atoms with E-state index in [1.165, 1.54) is 38.8 Å². The topological polar surface area (TPSA) is 15.3 Å². The van der Waals surface area contributed by atoms with Crippen molar-refractivity contribution in [2.75, 3.05) is 20.1 Å². The van der Waals surface area contributed by atoms with Gasteiger partial charge in [-0.05, 0) is 46.2 Å². The fourth-order valence-electron chi connectivity index (χ4n) is 2.36. The summed E-state index contributed by atoms with van der Waals surface area (Å²) < 4.78 is 0. The summed E-state index contributed by atoms with van der Waals surface area (Å²) in [5.74, 6) is 0. The van der Waals surface area contributed by atoms with Gasteiger partial charge in [0.15, 0.2) is 0 Å². The maximum absolute atomic E-state index is 6.37. The molecule has 2 aliphatic rings. The highest BCUT2D eigenvalue weighted by Gasteiger charge is 2.46. The first-order valence-corrected chi connectivity index (χ1v) is 6.11. The van der Waals surface area contributed by atoms with Gasteiger partial charge in [0.1, 0.15) is 0 Å². The van der Waals surface area contributed by atoms with Crippen LogP contribution in [0.5, 0.6) is 0 Å². The number of likely N-dealkylation sites (N-methyl/N-ethyl adjacent to an activating group) is 1. The minimum atomic E-state index is 0.0933. The van der Waals surface area contributed by atoms with Gasteiger partial charge in [0.05, 0.1) is 4.87 Å². The molecular formula is C11H21ClN2. The molecule has 2 nitrogen and oxygen atoms in total. The third-order valence-corrected chi connectivity index (χ3v) is 4.32. The van der Waals surface area contributed by atoms with Gasteiger partial charge in [-0.3, -0.25) is 0 Å². The quantitative estimate of drug-likeness (QED) is 0.725. The number of rotatable bonds is 3. The molecule has 82 valence electrons. The number of piperidine rings is 1. The van der Waals surface area contributed by atoms with Crippen LogP contribution >= 0.6 is 11.6 Å². The maximum Gasteiger partial charge on any atom is 0.0598 e. The summed E-state index contributed by atoms with van der Waals surface area (Å²) in [5.41, 5.74) is 0. The third kappa shape index (κ3) is 2.41. The van der Waals surface area contributed by atoms with E-state index in [2.05, 4.69) is 24.2 Å². The van der Waals surface area contributed by atoms with Crippen molar-refractivity contribution in [2.24, 2.45) is 0 Å². The van der Waals surface area contributed by atoms with E-state index in [0.717, 1.165) is 0 Å². The molecule has 1 aliphatic carbocycles. The Balaban J connectivity index is 1.78. The van der Waals surface area contributed by atoms with E-state index >= 15 is 0 Å². The second-order valence-corrected chi connectivity index (χ2v) is 5.78. The molecular weight excluding hydrogens is 196 g/mol. The molecule has 0 aromatic heterocycles. The lowest BCUT2D eigenvalue weighted by Crippen LogP contribution is -2.50. The molecule has 2 fully saturated rings. The Morgan fingerprint density at radius 3 is 2.79 bits per heavy atom. The highest BCUT2D eigenvalue weighted by atomic mass is 35.5. The van der Waals surface area contributed by atoms with Gasteiger partial charge in [0.2, 0.25) is 0 Å². The highest BCUT2D eigenvalue weighted by Crippen LogP contribution is 2.45. The second kappa shape index (κ2) is 3.99. The van der Waals surface area contributed by atoms with Crippen molar-refractivity contribution in [3.05, 3.63) is 0 Å². The number of alkyl halides is 1. The van der Waals surface area contributed by atoms with E-state index in [0.29, 0.717) is 12.1 Å². The smallest absolute Gasteiger partial charge is 0.0598 e. The first-order chi connectivity index (χ1) is 6.60. The summed E-state index contributed by atoms with van der Waals surface area (Å²) in [6.07, 6.45) is 4.99. The van der Waals surface area contributed by atoms with E-state index in [9.17, 15) is 0 Å². The van der Waals surface area contributed by atoms with Crippen LogP contribution in [0, 0.1) is 0 Å². The van der Waals surface area contributed by atoms with Crippen molar-refractivity contribution in [3.8, 4) is 0 Å². The predicted octanol–water partition coefficient (Wildman–Crippen LogP) is 1.83. The lowest BCUT2D eigenvalue weighted by atomic mass is 10.0. The molecule has 14 heavy (non-hydrogen) atoms. The Labute approximate surface area is 92.0 Å². The Kier molecular flexibility index (Phi) is 3.06. The van der Waals surface area contributed by atoms with E-state index in [1.807, 2.05) is 0 Å². The fourth-order valence-corrected chi connectivity index (χ4v) is 2.52. The summed E-state index contributed by atoms with van der Waals surface area (Å²) in [5, 5.41) is 3.68. The summed E-state index contributed by atoms with van der Waals surface area (Å²) in [7, 11) is 2.20. The number of nitrogens with one attached hydrogen (secondary N) is 1. The lowest BCUT2D eigenvalue weighted by Gasteiger charge is -2.33. The summed E-state index contributed by atoms with van der Waals surface area (Å²) in [6.45, 7) is 4.66. The van der Waals surface area contributed by atoms with Gasteiger partial charge in [-0.2, -0.15) is 0 Å². The van der Waals surface area contributed by atoms with Crippen LogP contribution in [0.2, 0.25) is 0 Å². The number of hydrogen-bond donors (Lipinski definition) is 1. The van der Waals surface area contributed by atoms with Crippen LogP contribution in [0.1, 0.15) is 32.6 Å². The van der Waals surface area contributed by atoms with Crippen LogP contribution in [-0.2, 0) is 0 Å². The van der Waals surface area contributed by atoms with Crippen LogP contribution in [0.4, 0.5) is 0 Å². The summed E-state index contributed by atoms with van der Waals surface area (Å²) >= 11 is 6.37. The standard InChI is InChI=1S/C11H21ClN2/c1-9(11(12)5-6-11)13-10-4-3-7-14(2)8-10/h9-10,13H,3-8H2,1-2H3. The van der Waals surface area contributed by atoms with E-state index in [1.54, 1.807) is 0 Å². The molecule has 0 amide bonds. The van der Waals surface area contributed by atoms with Gasteiger partial charge >= 0.3 is 0 Å². The van der Waals surface area contributed by atoms with E-state index < -0.39 is 0 Å². The van der Waals surface area contributed by atoms with Crippen LogP contribution in [0.3, 0.4) is 0 Å². The molecule has 1 aliphatic heterocycles. The first kappa shape index (κ1) is 10.7. The van der Waals surface area contributed by atoms with Crippen molar-refractivity contribution in [2.45, 2.75) is 49.6 Å². The van der Waals surface area contributed by atoms with Crippen molar-refractivity contribution < 1.29 is 0 Å². The minimum absolute atomic E-state index is 0.0933. The normalized spacial score (nSPS) is 34.1. The van der Waals surface area contributed by atoms with E-state index in [-0.39, 0.29) is 4.87 Å². The number of halogens is 1. The molecule has 2 rings (SSSR count). The van der Waals surface area contributed by atoms with E-state index in [4.69, 9.17) is 11.6 Å². The number of hydrogen-bond acceptors (Lipinski definition) is 2. The molecule has 0 spiro atoms. The average Bonchev–Trinajstić information content (AvgIpc) is 2.85.